The van der Waals surface area contributed by atoms with E-state index in [1.165, 1.54) is 0 Å². The SMILES string of the molecule is CC(C)=NNC(=O)CCCOc1ccc(Cl)cc1Cl.O.O.O=[N+]([O-])[O-].O=[N+]([O-])[O-].[Mn+2]. The average molecular weight is 518 g/mol. The third kappa shape index (κ3) is 30.3. The van der Waals surface area contributed by atoms with Crippen LogP contribution in [0.2, 0.25) is 10.0 Å². The van der Waals surface area contributed by atoms with Gasteiger partial charge in [0.2, 0.25) is 5.91 Å². The van der Waals surface area contributed by atoms with Crippen molar-refractivity contribution in [3.8, 4) is 5.75 Å². The normalized spacial score (nSPS) is 7.87. The van der Waals surface area contributed by atoms with Crippen LogP contribution in [0.1, 0.15) is 26.7 Å². The molecule has 1 aromatic carbocycles. The van der Waals surface area contributed by atoms with E-state index in [4.69, 9.17) is 58.6 Å². The molecule has 5 N–H and O–H groups in total. The molecule has 0 aliphatic heterocycles. The van der Waals surface area contributed by atoms with Gasteiger partial charge in [0, 0.05) is 17.2 Å². The molecule has 17 heteroatoms. The number of benzene rings is 1. The van der Waals surface area contributed by atoms with Gasteiger partial charge in [0.05, 0.1) is 21.8 Å². The van der Waals surface area contributed by atoms with Crippen molar-refractivity contribution >= 4 is 34.8 Å². The van der Waals surface area contributed by atoms with Crippen molar-refractivity contribution in [1.82, 2.24) is 5.43 Å². The Labute approximate surface area is 191 Å². The van der Waals surface area contributed by atoms with E-state index >= 15 is 0 Å². The molecule has 0 heterocycles. The van der Waals surface area contributed by atoms with Gasteiger partial charge in [-0.05, 0) is 38.5 Å². The van der Waals surface area contributed by atoms with Crippen molar-refractivity contribution in [3.05, 3.63) is 58.9 Å². The largest absolute Gasteiger partial charge is 2.00 e. The molecule has 30 heavy (non-hydrogen) atoms. The first-order chi connectivity index (χ1) is 12.5. The first kappa shape index (κ1) is 38.2. The fourth-order valence-corrected chi connectivity index (χ4v) is 1.70. The Balaban J connectivity index is -0.000000163. The number of halogens is 2. The van der Waals surface area contributed by atoms with Crippen LogP contribution in [0.4, 0.5) is 0 Å². The number of hydrogen-bond acceptors (Lipinski definition) is 9. The molecule has 0 fully saturated rings. The topological polar surface area (TPSA) is 246 Å². The minimum absolute atomic E-state index is 0. The van der Waals surface area contributed by atoms with E-state index < -0.39 is 10.2 Å². The maximum absolute atomic E-state index is 11.4. The first-order valence-corrected chi connectivity index (χ1v) is 7.72. The van der Waals surface area contributed by atoms with Gasteiger partial charge in [-0.3, -0.25) is 4.79 Å². The molecule has 1 aromatic rings. The van der Waals surface area contributed by atoms with E-state index in [0.717, 1.165) is 5.71 Å². The van der Waals surface area contributed by atoms with Crippen LogP contribution in [0.15, 0.2) is 23.3 Å². The summed E-state index contributed by atoms with van der Waals surface area (Å²) in [7, 11) is 0. The van der Waals surface area contributed by atoms with Crippen LogP contribution in [0, 0.1) is 30.6 Å². The second-order valence-electron chi connectivity index (χ2n) is 4.57. The first-order valence-electron chi connectivity index (χ1n) is 6.96. The third-order valence-corrected chi connectivity index (χ3v) is 2.63. The molecule has 0 aliphatic rings. The molecule has 0 aromatic heterocycles. The summed E-state index contributed by atoms with van der Waals surface area (Å²) < 4.78 is 5.46. The molecule has 1 radical (unpaired) electrons. The summed E-state index contributed by atoms with van der Waals surface area (Å²) in [5, 5.41) is 34.3. The maximum atomic E-state index is 11.4. The molecular weight excluding hydrogens is 498 g/mol. The molecule has 0 unspecified atom stereocenters. The van der Waals surface area contributed by atoms with E-state index in [1.807, 2.05) is 13.8 Å². The number of amides is 1. The Kier molecular flexibility index (Phi) is 29.1. The molecule has 14 nitrogen and oxygen atoms in total. The van der Waals surface area contributed by atoms with E-state index in [2.05, 4.69) is 10.5 Å². The Morgan fingerprint density at radius 2 is 1.57 bits per heavy atom. The van der Waals surface area contributed by atoms with Crippen LogP contribution in [0.3, 0.4) is 0 Å². The Morgan fingerprint density at radius 3 is 1.97 bits per heavy atom. The molecule has 0 aliphatic carbocycles. The van der Waals surface area contributed by atoms with Crippen LogP contribution in [-0.4, -0.2) is 39.4 Å². The number of carbonyl (C=O) groups excluding carboxylic acids is 1. The number of rotatable bonds is 6. The fourth-order valence-electron chi connectivity index (χ4n) is 1.24. The smallest absolute Gasteiger partial charge is 0.492 e. The Bertz CT molecular complexity index is 643. The number of carbonyl (C=O) groups is 1. The van der Waals surface area contributed by atoms with Gasteiger partial charge in [-0.25, -0.2) is 5.43 Å². The zero-order valence-electron chi connectivity index (χ0n) is 15.6. The third-order valence-electron chi connectivity index (χ3n) is 2.10. The number of hydrazone groups is 1. The summed E-state index contributed by atoms with van der Waals surface area (Å²) in [6.45, 7) is 4.03. The van der Waals surface area contributed by atoms with Crippen molar-refractivity contribution in [2.75, 3.05) is 6.61 Å². The predicted octanol–water partition coefficient (Wildman–Crippen LogP) is 1.53. The van der Waals surface area contributed by atoms with Crippen LogP contribution < -0.4 is 10.2 Å². The van der Waals surface area contributed by atoms with E-state index in [0.29, 0.717) is 35.2 Å². The summed E-state index contributed by atoms with van der Waals surface area (Å²) in [5.41, 5.74) is 3.25. The molecule has 0 saturated carbocycles. The average Bonchev–Trinajstić information content (AvgIpc) is 2.50. The van der Waals surface area contributed by atoms with Crippen molar-refractivity contribution in [3.63, 3.8) is 0 Å². The molecule has 1 rings (SSSR count). The fraction of sp³-hybridized carbons (Fsp3) is 0.385. The number of hydrogen-bond donors (Lipinski definition) is 1. The maximum Gasteiger partial charge on any atom is 2.00 e. The zero-order valence-corrected chi connectivity index (χ0v) is 18.3. The molecule has 0 saturated heterocycles. The molecule has 1 amide bonds. The Hall–Kier alpha value is -2.42. The summed E-state index contributed by atoms with van der Waals surface area (Å²) in [4.78, 5) is 27.9. The van der Waals surface area contributed by atoms with Gasteiger partial charge < -0.3 is 46.3 Å². The van der Waals surface area contributed by atoms with E-state index in [9.17, 15) is 4.79 Å². The molecular formula is C13H20Cl2MnN4O10. The predicted molar refractivity (Wildman–Crippen MR) is 106 cm³/mol. The second-order valence-corrected chi connectivity index (χ2v) is 5.41. The number of ether oxygens (including phenoxy) is 1. The molecule has 0 atom stereocenters. The van der Waals surface area contributed by atoms with Gasteiger partial charge in [-0.2, -0.15) is 5.10 Å². The van der Waals surface area contributed by atoms with Gasteiger partial charge in [-0.1, -0.05) is 23.2 Å². The molecule has 0 bridgehead atoms. The van der Waals surface area contributed by atoms with Crippen molar-refractivity contribution < 1.29 is 47.7 Å². The zero-order chi connectivity index (χ0) is 21.4. The van der Waals surface area contributed by atoms with Gasteiger partial charge in [0.1, 0.15) is 5.75 Å². The van der Waals surface area contributed by atoms with Crippen LogP contribution in [0.25, 0.3) is 0 Å². The molecule has 173 valence electrons. The second kappa shape index (κ2) is 22.9. The van der Waals surface area contributed by atoms with Crippen molar-refractivity contribution in [2.45, 2.75) is 26.7 Å². The van der Waals surface area contributed by atoms with Crippen molar-refractivity contribution in [2.24, 2.45) is 5.10 Å². The summed E-state index contributed by atoms with van der Waals surface area (Å²) >= 11 is 11.7. The van der Waals surface area contributed by atoms with Crippen LogP contribution in [0.5, 0.6) is 5.75 Å². The quantitative estimate of drug-likeness (QED) is 0.190. The summed E-state index contributed by atoms with van der Waals surface area (Å²) in [5.74, 6) is 0.431. The van der Waals surface area contributed by atoms with Crippen LogP contribution >= 0.6 is 23.2 Å². The Morgan fingerprint density at radius 1 is 1.10 bits per heavy atom. The molecule has 0 spiro atoms. The van der Waals surface area contributed by atoms with E-state index in [1.54, 1.807) is 18.2 Å². The standard InChI is InChI=1S/C13H16Cl2N2O2.Mn.2NO3.2H2O/c1-9(2)16-17-13(18)4-3-7-19-12-6-5-10(14)8-11(12)15;;2*2-1(3)4;;/h5-6,8H,3-4,7H2,1-2H3,(H,17,18);;;;2*1H2/q;+2;2*-1;;. The van der Waals surface area contributed by atoms with Crippen LogP contribution in [-0.2, 0) is 21.9 Å². The van der Waals surface area contributed by atoms with Crippen molar-refractivity contribution in [1.29, 1.82) is 0 Å². The number of nitrogens with one attached hydrogen (secondary N) is 1. The summed E-state index contributed by atoms with van der Waals surface area (Å²) in [6, 6.07) is 5.02. The van der Waals surface area contributed by atoms with E-state index in [-0.39, 0.29) is 33.9 Å². The minimum atomic E-state index is -1.75. The minimum Gasteiger partial charge on any atom is -0.492 e. The monoisotopic (exact) mass is 517 g/mol. The van der Waals surface area contributed by atoms with Gasteiger partial charge >= 0.3 is 17.1 Å². The summed E-state index contributed by atoms with van der Waals surface area (Å²) in [6.07, 6.45) is 0.936. The number of nitrogens with zero attached hydrogens (tertiary/aromatic N) is 3. The van der Waals surface area contributed by atoms with Gasteiger partial charge in [0.25, 0.3) is 0 Å². The van der Waals surface area contributed by atoms with Gasteiger partial charge in [-0.15, -0.1) is 0 Å². The van der Waals surface area contributed by atoms with Gasteiger partial charge in [0.15, 0.2) is 0 Å².